The first-order valence-electron chi connectivity index (χ1n) is 9.77. The van der Waals surface area contributed by atoms with Gasteiger partial charge in [0, 0.05) is 31.6 Å². The highest BCUT2D eigenvalue weighted by Gasteiger charge is 2.34. The molecule has 0 aliphatic carbocycles. The number of amides is 1. The van der Waals surface area contributed by atoms with Gasteiger partial charge in [0.15, 0.2) is 11.6 Å². The Morgan fingerprint density at radius 3 is 2.65 bits per heavy atom. The number of benzene rings is 2. The molecule has 0 bridgehead atoms. The average Bonchev–Trinajstić information content (AvgIpc) is 3.08. The van der Waals surface area contributed by atoms with Crippen molar-refractivity contribution in [1.29, 1.82) is 0 Å². The molecular weight excluding hydrogens is 429 g/mol. The van der Waals surface area contributed by atoms with Gasteiger partial charge in [0.1, 0.15) is 16.7 Å². The number of piperidine rings is 1. The van der Waals surface area contributed by atoms with Gasteiger partial charge in [-0.2, -0.15) is 5.10 Å². The summed E-state index contributed by atoms with van der Waals surface area (Å²) in [4.78, 5) is 14.8. The number of anilines is 1. The van der Waals surface area contributed by atoms with E-state index in [0.717, 1.165) is 18.2 Å². The van der Waals surface area contributed by atoms with Crippen LogP contribution in [0.5, 0.6) is 0 Å². The van der Waals surface area contributed by atoms with E-state index in [-0.39, 0.29) is 11.5 Å². The standard InChI is InChI=1S/C22H20ClF3N4O/c1-29-22(17(23)11-27-29)30-8-7-16(13-5-6-18(25)19(26)10-13)20(12-30)28-21(31)14-3-2-4-15(24)9-14/h2-6,9-11,16,20H,7-8,12H2,1H3,(H,28,31)/t16-,20+/m0/s1. The number of aromatic nitrogens is 2. The largest absolute Gasteiger partial charge is 0.353 e. The smallest absolute Gasteiger partial charge is 0.251 e. The number of aryl methyl sites for hydroxylation is 1. The molecule has 2 aromatic carbocycles. The van der Waals surface area contributed by atoms with E-state index < -0.39 is 29.4 Å². The van der Waals surface area contributed by atoms with Gasteiger partial charge in [0.25, 0.3) is 5.91 Å². The molecule has 2 atom stereocenters. The molecule has 1 saturated heterocycles. The molecule has 31 heavy (non-hydrogen) atoms. The topological polar surface area (TPSA) is 50.2 Å². The Hall–Kier alpha value is -3.00. The highest BCUT2D eigenvalue weighted by Crippen LogP contribution is 2.34. The van der Waals surface area contributed by atoms with Gasteiger partial charge in [-0.05, 0) is 42.3 Å². The van der Waals surface area contributed by atoms with Gasteiger partial charge < -0.3 is 10.2 Å². The lowest BCUT2D eigenvalue weighted by Crippen LogP contribution is -2.52. The quantitative estimate of drug-likeness (QED) is 0.648. The zero-order valence-corrected chi connectivity index (χ0v) is 17.4. The molecule has 1 aromatic heterocycles. The molecule has 1 aliphatic rings. The minimum absolute atomic E-state index is 0.180. The van der Waals surface area contributed by atoms with Crippen LogP contribution in [0.3, 0.4) is 0 Å². The van der Waals surface area contributed by atoms with Crippen LogP contribution in [-0.4, -0.2) is 34.8 Å². The minimum Gasteiger partial charge on any atom is -0.353 e. The number of nitrogens with one attached hydrogen (secondary N) is 1. The van der Waals surface area contributed by atoms with Crippen molar-refractivity contribution in [3.63, 3.8) is 0 Å². The third-order valence-corrected chi connectivity index (χ3v) is 5.82. The van der Waals surface area contributed by atoms with Crippen LogP contribution in [0.1, 0.15) is 28.3 Å². The van der Waals surface area contributed by atoms with E-state index in [0.29, 0.717) is 35.9 Å². The van der Waals surface area contributed by atoms with Crippen LogP contribution < -0.4 is 10.2 Å². The molecule has 1 amide bonds. The summed E-state index contributed by atoms with van der Waals surface area (Å²) in [5, 5.41) is 7.57. The van der Waals surface area contributed by atoms with E-state index in [2.05, 4.69) is 10.4 Å². The number of hydrogen-bond donors (Lipinski definition) is 1. The van der Waals surface area contributed by atoms with Crippen molar-refractivity contribution in [1.82, 2.24) is 15.1 Å². The van der Waals surface area contributed by atoms with Crippen molar-refractivity contribution in [2.24, 2.45) is 7.05 Å². The van der Waals surface area contributed by atoms with E-state index in [9.17, 15) is 18.0 Å². The lowest BCUT2D eigenvalue weighted by Gasteiger charge is -2.40. The Bertz CT molecular complexity index is 1100. The Morgan fingerprint density at radius 1 is 1.16 bits per heavy atom. The second kappa shape index (κ2) is 8.63. The van der Waals surface area contributed by atoms with Crippen LogP contribution in [0, 0.1) is 17.5 Å². The number of carbonyl (C=O) groups is 1. The Labute approximate surface area is 182 Å². The second-order valence-electron chi connectivity index (χ2n) is 7.54. The predicted octanol–water partition coefficient (Wildman–Crippen LogP) is 4.28. The van der Waals surface area contributed by atoms with Crippen molar-refractivity contribution in [2.45, 2.75) is 18.4 Å². The summed E-state index contributed by atoms with van der Waals surface area (Å²) < 4.78 is 42.6. The third kappa shape index (κ3) is 4.39. The molecule has 4 rings (SSSR count). The highest BCUT2D eigenvalue weighted by molar-refractivity contribution is 6.32. The van der Waals surface area contributed by atoms with Gasteiger partial charge in [0.05, 0.1) is 12.2 Å². The minimum atomic E-state index is -0.940. The molecule has 1 N–H and O–H groups in total. The highest BCUT2D eigenvalue weighted by atomic mass is 35.5. The monoisotopic (exact) mass is 448 g/mol. The predicted molar refractivity (Wildman–Crippen MR) is 112 cm³/mol. The molecule has 162 valence electrons. The summed E-state index contributed by atoms with van der Waals surface area (Å²) in [5.41, 5.74) is 0.763. The van der Waals surface area contributed by atoms with Crippen LogP contribution in [0.2, 0.25) is 5.02 Å². The van der Waals surface area contributed by atoms with Crippen LogP contribution in [0.15, 0.2) is 48.7 Å². The van der Waals surface area contributed by atoms with Gasteiger partial charge in [-0.1, -0.05) is 23.7 Å². The first kappa shape index (κ1) is 21.2. The molecule has 2 heterocycles. The molecule has 3 aromatic rings. The van der Waals surface area contributed by atoms with Crippen LogP contribution in [0.25, 0.3) is 0 Å². The normalized spacial score (nSPS) is 18.8. The summed E-state index contributed by atoms with van der Waals surface area (Å²) in [5.74, 6) is -2.40. The molecule has 1 aliphatic heterocycles. The van der Waals surface area contributed by atoms with Crippen LogP contribution in [0.4, 0.5) is 19.0 Å². The van der Waals surface area contributed by atoms with Crippen molar-refractivity contribution < 1.29 is 18.0 Å². The number of hydrogen-bond acceptors (Lipinski definition) is 3. The van der Waals surface area contributed by atoms with E-state index in [1.165, 1.54) is 24.3 Å². The first-order chi connectivity index (χ1) is 14.8. The summed E-state index contributed by atoms with van der Waals surface area (Å²) in [7, 11) is 1.77. The molecule has 1 fully saturated rings. The maximum Gasteiger partial charge on any atom is 0.251 e. The van der Waals surface area contributed by atoms with E-state index in [4.69, 9.17) is 11.6 Å². The van der Waals surface area contributed by atoms with Crippen molar-refractivity contribution >= 4 is 23.3 Å². The first-order valence-corrected chi connectivity index (χ1v) is 10.1. The van der Waals surface area contributed by atoms with E-state index >= 15 is 0 Å². The van der Waals surface area contributed by atoms with Crippen molar-refractivity contribution in [3.8, 4) is 0 Å². The number of carbonyl (C=O) groups excluding carboxylic acids is 1. The summed E-state index contributed by atoms with van der Waals surface area (Å²) in [6, 6.07) is 8.70. The fourth-order valence-electron chi connectivity index (χ4n) is 4.07. The Balaban J connectivity index is 1.64. The molecule has 5 nitrogen and oxygen atoms in total. The fourth-order valence-corrected chi connectivity index (χ4v) is 4.36. The lowest BCUT2D eigenvalue weighted by molar-refractivity contribution is 0.0927. The summed E-state index contributed by atoms with van der Waals surface area (Å²) in [6.45, 7) is 0.944. The molecular formula is C22H20ClF3N4O. The molecule has 9 heteroatoms. The summed E-state index contributed by atoms with van der Waals surface area (Å²) >= 11 is 6.29. The fraction of sp³-hybridized carbons (Fsp3) is 0.273. The van der Waals surface area contributed by atoms with Crippen molar-refractivity contribution in [3.05, 3.63) is 82.3 Å². The molecule has 0 saturated carbocycles. The number of nitrogens with zero attached hydrogens (tertiary/aromatic N) is 3. The SMILES string of the molecule is Cn1ncc(Cl)c1N1CC[C@@H](c2ccc(F)c(F)c2)[C@H](NC(=O)c2cccc(F)c2)C1. The number of rotatable bonds is 4. The van der Waals surface area contributed by atoms with Gasteiger partial charge in [-0.25, -0.2) is 13.2 Å². The zero-order valence-electron chi connectivity index (χ0n) is 16.7. The number of halogens is 4. The maximum absolute atomic E-state index is 13.9. The molecule has 0 spiro atoms. The zero-order chi connectivity index (χ0) is 22.1. The van der Waals surface area contributed by atoms with Gasteiger partial charge in [-0.3, -0.25) is 9.48 Å². The Kier molecular flexibility index (Phi) is 5.91. The average molecular weight is 449 g/mol. The maximum atomic E-state index is 13.9. The van der Waals surface area contributed by atoms with E-state index in [1.807, 2.05) is 4.90 Å². The molecule has 0 unspecified atom stereocenters. The Morgan fingerprint density at radius 2 is 1.97 bits per heavy atom. The van der Waals surface area contributed by atoms with E-state index in [1.54, 1.807) is 17.9 Å². The molecule has 0 radical (unpaired) electrons. The van der Waals surface area contributed by atoms with Crippen LogP contribution >= 0.6 is 11.6 Å². The van der Waals surface area contributed by atoms with Crippen LogP contribution in [-0.2, 0) is 7.05 Å². The summed E-state index contributed by atoms with van der Waals surface area (Å²) in [6.07, 6.45) is 2.10. The second-order valence-corrected chi connectivity index (χ2v) is 7.95. The third-order valence-electron chi connectivity index (χ3n) is 5.55. The van der Waals surface area contributed by atoms with Gasteiger partial charge >= 0.3 is 0 Å². The van der Waals surface area contributed by atoms with Crippen molar-refractivity contribution in [2.75, 3.05) is 18.0 Å². The van der Waals surface area contributed by atoms with Gasteiger partial charge in [0.2, 0.25) is 0 Å². The van der Waals surface area contributed by atoms with Gasteiger partial charge in [-0.15, -0.1) is 0 Å². The lowest BCUT2D eigenvalue weighted by atomic mass is 9.85.